The lowest BCUT2D eigenvalue weighted by atomic mass is 10.0. The first kappa shape index (κ1) is 95.5. The third kappa shape index (κ3) is 71.8. The summed E-state index contributed by atoms with van der Waals surface area (Å²) in [6.45, 7) is 4.51. The molecule has 5 unspecified atom stereocenters. The molecular formula is C81H138O17P2. The van der Waals surface area contributed by atoms with E-state index >= 15 is 0 Å². The van der Waals surface area contributed by atoms with Crippen molar-refractivity contribution >= 4 is 39.5 Å². The number of allylic oxidation sites excluding steroid dienone is 19. The smallest absolute Gasteiger partial charge is 0.462 e. The first-order valence-corrected chi connectivity index (χ1v) is 41.8. The Labute approximate surface area is 606 Å². The Morgan fingerprint density at radius 3 is 0.890 bits per heavy atom. The zero-order valence-corrected chi connectivity index (χ0v) is 64.4. The maximum absolute atomic E-state index is 13.1. The highest BCUT2D eigenvalue weighted by molar-refractivity contribution is 7.47. The van der Waals surface area contributed by atoms with E-state index in [0.29, 0.717) is 25.7 Å². The van der Waals surface area contributed by atoms with Crippen LogP contribution < -0.4 is 0 Å². The standard InChI is InChI=1S/C81H138O17P2/c1-5-9-13-17-21-25-29-32-35-36-37-38-41-43-47-50-54-58-62-66-79(84)92-72-77(98-81(86)68-64-60-56-52-48-44-40-34-31-27-23-19-15-11-7-3)74-96-100(89,90)94-70-75(82)69-93-99(87,88)95-73-76(97-80(85)67-63-59-55-51-45-28-24-20-16-12-8-4)71-91-78(83)65-61-57-53-49-46-42-39-33-30-26-22-18-14-10-6-2/h9-10,13-14,21-22,25-26,32-33,35,37-39,43,46-47,49,57,61,75-77,82H,5-8,11-12,15-20,23-24,27-31,34,36,40-42,44-45,48,50-56,58-60,62-74H2,1-4H3,(H,87,88)(H,89,90)/b13-9-,14-10-,25-21-,26-22-,35-32-,38-37-,39-33-,47-43-,49-46-,61-57-. The monoisotopic (exact) mass is 1440 g/mol. The first-order chi connectivity index (χ1) is 48.7. The highest BCUT2D eigenvalue weighted by Gasteiger charge is 2.30. The molecule has 0 aliphatic heterocycles. The fourth-order valence-electron chi connectivity index (χ4n) is 10.1. The van der Waals surface area contributed by atoms with Gasteiger partial charge in [-0.3, -0.25) is 37.3 Å². The van der Waals surface area contributed by atoms with Gasteiger partial charge in [-0.15, -0.1) is 0 Å². The second-order valence-corrected chi connectivity index (χ2v) is 28.5. The van der Waals surface area contributed by atoms with Crippen LogP contribution in [0.4, 0.5) is 0 Å². The number of hydrogen-bond donors (Lipinski definition) is 3. The molecule has 0 spiro atoms. The van der Waals surface area contributed by atoms with Crippen molar-refractivity contribution in [3.63, 3.8) is 0 Å². The van der Waals surface area contributed by atoms with Gasteiger partial charge in [0.2, 0.25) is 0 Å². The number of aliphatic hydroxyl groups is 1. The van der Waals surface area contributed by atoms with Crippen LogP contribution in [-0.2, 0) is 65.4 Å². The number of unbranched alkanes of at least 4 members (excludes halogenated alkanes) is 27. The molecule has 0 saturated heterocycles. The van der Waals surface area contributed by atoms with E-state index in [2.05, 4.69) is 125 Å². The Morgan fingerprint density at radius 1 is 0.300 bits per heavy atom. The van der Waals surface area contributed by atoms with Crippen molar-refractivity contribution in [3.05, 3.63) is 122 Å². The Morgan fingerprint density at radius 2 is 0.560 bits per heavy atom. The lowest BCUT2D eigenvalue weighted by Crippen LogP contribution is -2.30. The Balaban J connectivity index is 5.41. The van der Waals surface area contributed by atoms with Gasteiger partial charge in [0, 0.05) is 19.3 Å². The van der Waals surface area contributed by atoms with Crippen molar-refractivity contribution in [2.45, 2.75) is 329 Å². The zero-order chi connectivity index (χ0) is 73.2. The van der Waals surface area contributed by atoms with E-state index in [-0.39, 0.29) is 25.7 Å². The lowest BCUT2D eigenvalue weighted by Gasteiger charge is -2.21. The Kier molecular flexibility index (Phi) is 69.5. The van der Waals surface area contributed by atoms with Crippen molar-refractivity contribution in [2.75, 3.05) is 39.6 Å². The van der Waals surface area contributed by atoms with Crippen molar-refractivity contribution in [1.82, 2.24) is 0 Å². The van der Waals surface area contributed by atoms with E-state index in [1.54, 1.807) is 6.08 Å². The molecule has 0 aromatic heterocycles. The fraction of sp³-hybridized carbons (Fsp3) is 0.704. The molecule has 0 bridgehead atoms. The second-order valence-electron chi connectivity index (χ2n) is 25.6. The number of esters is 4. The minimum absolute atomic E-state index is 0.0705. The number of aliphatic hydroxyl groups excluding tert-OH is 1. The highest BCUT2D eigenvalue weighted by atomic mass is 31.2. The van der Waals surface area contributed by atoms with Crippen molar-refractivity contribution in [1.29, 1.82) is 0 Å². The summed E-state index contributed by atoms with van der Waals surface area (Å²) in [6.07, 6.45) is 79.4. The SMILES string of the molecule is CC/C=C\C/C=C\C/C=C\C/C=C\C/C=C\CCCCCC(=O)OCC(COP(=O)(O)OCC(O)COP(=O)(O)OCC(COC(=O)C/C=C\C/C=C\C/C=C\C/C=C\C/C=C\CC)OC(=O)CCCCCCCCCCCCC)OC(=O)CCCCCCCCCCCCCCCCC. The molecule has 19 heteroatoms. The van der Waals surface area contributed by atoms with Crippen LogP contribution in [0, 0.1) is 0 Å². The van der Waals surface area contributed by atoms with E-state index < -0.39 is 97.5 Å². The first-order valence-electron chi connectivity index (χ1n) is 38.8. The van der Waals surface area contributed by atoms with Gasteiger partial charge in [0.25, 0.3) is 0 Å². The van der Waals surface area contributed by atoms with Gasteiger partial charge >= 0.3 is 39.5 Å². The van der Waals surface area contributed by atoms with Crippen molar-refractivity contribution < 1.29 is 80.2 Å². The van der Waals surface area contributed by atoms with E-state index in [0.717, 1.165) is 128 Å². The van der Waals surface area contributed by atoms with Gasteiger partial charge in [-0.25, -0.2) is 9.13 Å². The molecule has 100 heavy (non-hydrogen) atoms. The summed E-state index contributed by atoms with van der Waals surface area (Å²) in [5.41, 5.74) is 0. The van der Waals surface area contributed by atoms with Crippen LogP contribution in [0.5, 0.6) is 0 Å². The number of rotatable bonds is 72. The van der Waals surface area contributed by atoms with Crippen LogP contribution in [0.2, 0.25) is 0 Å². The molecule has 0 amide bonds. The summed E-state index contributed by atoms with van der Waals surface area (Å²) in [5.74, 6) is -2.35. The average molecular weight is 1450 g/mol. The van der Waals surface area contributed by atoms with E-state index in [4.69, 9.17) is 37.0 Å². The van der Waals surface area contributed by atoms with Crippen LogP contribution in [-0.4, -0.2) is 96.7 Å². The molecule has 17 nitrogen and oxygen atoms in total. The van der Waals surface area contributed by atoms with E-state index in [1.165, 1.54) is 103 Å². The van der Waals surface area contributed by atoms with Crippen molar-refractivity contribution in [2.24, 2.45) is 0 Å². The molecule has 5 atom stereocenters. The van der Waals surface area contributed by atoms with Gasteiger partial charge in [0.05, 0.1) is 32.8 Å². The van der Waals surface area contributed by atoms with Gasteiger partial charge in [-0.1, -0.05) is 310 Å². The molecule has 0 aromatic rings. The van der Waals surface area contributed by atoms with Gasteiger partial charge in [-0.05, 0) is 96.3 Å². The molecule has 3 N–H and O–H groups in total. The molecule has 0 rings (SSSR count). The number of phosphoric acid groups is 2. The van der Waals surface area contributed by atoms with Gasteiger partial charge in [0.1, 0.15) is 19.3 Å². The summed E-state index contributed by atoms with van der Waals surface area (Å²) in [5, 5.41) is 10.6. The largest absolute Gasteiger partial charge is 0.472 e. The van der Waals surface area contributed by atoms with Gasteiger partial charge < -0.3 is 33.8 Å². The third-order valence-electron chi connectivity index (χ3n) is 16.0. The molecule has 0 heterocycles. The summed E-state index contributed by atoms with van der Waals surface area (Å²) in [4.78, 5) is 72.8. The molecule has 574 valence electrons. The lowest BCUT2D eigenvalue weighted by molar-refractivity contribution is -0.161. The molecule has 0 aromatic carbocycles. The quantitative estimate of drug-likeness (QED) is 0.0169. The number of ether oxygens (including phenoxy) is 4. The topological polar surface area (TPSA) is 237 Å². The summed E-state index contributed by atoms with van der Waals surface area (Å²) < 4.78 is 68.3. The van der Waals surface area contributed by atoms with Crippen LogP contribution in [0.25, 0.3) is 0 Å². The Hall–Kier alpha value is -4.54. The third-order valence-corrected chi connectivity index (χ3v) is 17.9. The maximum Gasteiger partial charge on any atom is 0.472 e. The number of hydrogen-bond acceptors (Lipinski definition) is 15. The predicted octanol–water partition coefficient (Wildman–Crippen LogP) is 22.3. The normalized spacial score (nSPS) is 14.6. The van der Waals surface area contributed by atoms with E-state index in [1.807, 2.05) is 18.2 Å². The van der Waals surface area contributed by atoms with E-state index in [9.17, 15) is 43.2 Å². The number of carbonyl (C=O) groups excluding carboxylic acids is 4. The minimum Gasteiger partial charge on any atom is -0.462 e. The highest BCUT2D eigenvalue weighted by Crippen LogP contribution is 2.45. The molecule has 0 aliphatic carbocycles. The fourth-order valence-corrected chi connectivity index (χ4v) is 11.7. The van der Waals surface area contributed by atoms with Gasteiger partial charge in [0.15, 0.2) is 12.2 Å². The van der Waals surface area contributed by atoms with Crippen molar-refractivity contribution in [3.8, 4) is 0 Å². The molecule has 0 fully saturated rings. The number of phosphoric ester groups is 2. The zero-order valence-electron chi connectivity index (χ0n) is 62.6. The minimum atomic E-state index is -4.99. The van der Waals surface area contributed by atoms with Gasteiger partial charge in [-0.2, -0.15) is 0 Å². The summed E-state index contributed by atoms with van der Waals surface area (Å²) in [6, 6.07) is 0. The van der Waals surface area contributed by atoms with Crippen LogP contribution in [0.3, 0.4) is 0 Å². The predicted molar refractivity (Wildman–Crippen MR) is 408 cm³/mol. The molecule has 0 saturated carbocycles. The molecule has 0 radical (unpaired) electrons. The molecular weight excluding hydrogens is 1310 g/mol. The van der Waals surface area contributed by atoms with Crippen LogP contribution in [0.15, 0.2) is 122 Å². The summed E-state index contributed by atoms with van der Waals surface area (Å²) in [7, 11) is -9.98. The maximum atomic E-state index is 13.1. The van der Waals surface area contributed by atoms with Crippen LogP contribution in [0.1, 0.15) is 310 Å². The Bertz CT molecular complexity index is 2370. The second kappa shape index (κ2) is 72.8. The number of carbonyl (C=O) groups is 4. The average Bonchev–Trinajstić information content (AvgIpc) is 0.985. The molecule has 0 aliphatic rings. The summed E-state index contributed by atoms with van der Waals surface area (Å²) >= 11 is 0. The van der Waals surface area contributed by atoms with Crippen LogP contribution >= 0.6 is 15.6 Å².